The van der Waals surface area contributed by atoms with Crippen molar-refractivity contribution in [2.75, 3.05) is 5.32 Å². The largest absolute Gasteiger partial charge is 0.459 e. The van der Waals surface area contributed by atoms with Gasteiger partial charge in [-0.15, -0.1) is 11.3 Å². The molecule has 1 N–H and O–H groups in total. The predicted octanol–water partition coefficient (Wildman–Crippen LogP) is 4.23. The average Bonchev–Trinajstić information content (AvgIpc) is 2.82. The molecule has 0 atom stereocenters. The summed E-state index contributed by atoms with van der Waals surface area (Å²) in [5.41, 5.74) is 1.58. The highest BCUT2D eigenvalue weighted by Crippen LogP contribution is 2.17. The Morgan fingerprint density at radius 3 is 2.45 bits per heavy atom. The lowest BCUT2D eigenvalue weighted by Gasteiger charge is -2.09. The molecular weight excluding hydrogens is 270 g/mol. The first-order chi connectivity index (χ1) is 9.54. The van der Waals surface area contributed by atoms with E-state index in [0.717, 1.165) is 12.2 Å². The van der Waals surface area contributed by atoms with Crippen LogP contribution >= 0.6 is 11.3 Å². The molecule has 20 heavy (non-hydrogen) atoms. The SMILES string of the molecule is Cc1ccc(CNc2ccc(C(=O)OC(C)C)cc2)s1. The molecule has 0 unspecified atom stereocenters. The van der Waals surface area contributed by atoms with Crippen molar-refractivity contribution in [3.05, 3.63) is 51.7 Å². The van der Waals surface area contributed by atoms with E-state index in [-0.39, 0.29) is 12.1 Å². The number of hydrogen-bond acceptors (Lipinski definition) is 4. The summed E-state index contributed by atoms with van der Waals surface area (Å²) in [6.07, 6.45) is -0.0950. The Morgan fingerprint density at radius 2 is 1.90 bits per heavy atom. The number of nitrogens with one attached hydrogen (secondary N) is 1. The number of aryl methyl sites for hydroxylation is 1. The van der Waals surface area contributed by atoms with Crippen molar-refractivity contribution < 1.29 is 9.53 Å². The number of carbonyl (C=O) groups excluding carboxylic acids is 1. The zero-order valence-corrected chi connectivity index (χ0v) is 12.8. The predicted molar refractivity (Wildman–Crippen MR) is 83.4 cm³/mol. The Kier molecular flexibility index (Phi) is 4.79. The van der Waals surface area contributed by atoms with Gasteiger partial charge in [0.15, 0.2) is 0 Å². The Bertz CT molecular complexity index is 572. The van der Waals surface area contributed by atoms with E-state index in [0.29, 0.717) is 5.56 Å². The second-order valence-electron chi connectivity index (χ2n) is 4.90. The van der Waals surface area contributed by atoms with Gasteiger partial charge in [-0.2, -0.15) is 0 Å². The lowest BCUT2D eigenvalue weighted by molar-refractivity contribution is 0.0378. The molecule has 3 nitrogen and oxygen atoms in total. The van der Waals surface area contributed by atoms with Crippen molar-refractivity contribution in [3.8, 4) is 0 Å². The van der Waals surface area contributed by atoms with Gasteiger partial charge in [-0.25, -0.2) is 4.79 Å². The quantitative estimate of drug-likeness (QED) is 0.837. The van der Waals surface area contributed by atoms with Crippen LogP contribution in [0.1, 0.15) is 34.0 Å². The summed E-state index contributed by atoms with van der Waals surface area (Å²) in [5.74, 6) is -0.277. The standard InChI is InChI=1S/C16H19NO2S/c1-11(2)19-16(18)13-5-7-14(8-6-13)17-10-15-9-4-12(3)20-15/h4-9,11,17H,10H2,1-3H3. The summed E-state index contributed by atoms with van der Waals surface area (Å²) in [6, 6.07) is 11.6. The van der Waals surface area contributed by atoms with E-state index in [9.17, 15) is 4.79 Å². The summed E-state index contributed by atoms with van der Waals surface area (Å²) in [6.45, 7) is 6.59. The number of rotatable bonds is 5. The molecule has 0 aliphatic rings. The third kappa shape index (κ3) is 4.10. The maximum atomic E-state index is 11.7. The van der Waals surface area contributed by atoms with E-state index in [1.54, 1.807) is 23.5 Å². The fraction of sp³-hybridized carbons (Fsp3) is 0.312. The molecule has 2 rings (SSSR count). The number of carbonyl (C=O) groups is 1. The Balaban J connectivity index is 1.93. The smallest absolute Gasteiger partial charge is 0.338 e. The summed E-state index contributed by atoms with van der Waals surface area (Å²) in [5, 5.41) is 3.34. The van der Waals surface area contributed by atoms with Crippen LogP contribution < -0.4 is 5.32 Å². The molecule has 0 saturated heterocycles. The first-order valence-electron chi connectivity index (χ1n) is 6.65. The highest BCUT2D eigenvalue weighted by molar-refractivity contribution is 7.11. The molecule has 1 aromatic carbocycles. The lowest BCUT2D eigenvalue weighted by atomic mass is 10.2. The Labute approximate surface area is 123 Å². The van der Waals surface area contributed by atoms with E-state index in [4.69, 9.17) is 4.74 Å². The summed E-state index contributed by atoms with van der Waals surface area (Å²) in [7, 11) is 0. The highest BCUT2D eigenvalue weighted by Gasteiger charge is 2.08. The summed E-state index contributed by atoms with van der Waals surface area (Å²) < 4.78 is 5.15. The molecule has 0 amide bonds. The van der Waals surface area contributed by atoms with Gasteiger partial charge in [-0.3, -0.25) is 0 Å². The molecule has 0 radical (unpaired) electrons. The molecular formula is C16H19NO2S. The van der Waals surface area contributed by atoms with Crippen LogP contribution in [0.3, 0.4) is 0 Å². The summed E-state index contributed by atoms with van der Waals surface area (Å²) in [4.78, 5) is 14.3. The number of esters is 1. The zero-order valence-electron chi connectivity index (χ0n) is 12.0. The van der Waals surface area contributed by atoms with E-state index in [1.165, 1.54) is 9.75 Å². The first-order valence-corrected chi connectivity index (χ1v) is 7.46. The van der Waals surface area contributed by atoms with E-state index < -0.39 is 0 Å². The van der Waals surface area contributed by atoms with Gasteiger partial charge in [0.05, 0.1) is 11.7 Å². The van der Waals surface area contributed by atoms with Crippen LogP contribution in [0.15, 0.2) is 36.4 Å². The van der Waals surface area contributed by atoms with Crippen LogP contribution in [0.4, 0.5) is 5.69 Å². The molecule has 2 aromatic rings. The fourth-order valence-electron chi connectivity index (χ4n) is 1.78. The van der Waals surface area contributed by atoms with Gasteiger partial charge >= 0.3 is 5.97 Å². The van der Waals surface area contributed by atoms with Crippen LogP contribution in [0, 0.1) is 6.92 Å². The zero-order chi connectivity index (χ0) is 14.5. The monoisotopic (exact) mass is 289 g/mol. The fourth-order valence-corrected chi connectivity index (χ4v) is 2.61. The van der Waals surface area contributed by atoms with Crippen molar-refractivity contribution in [1.29, 1.82) is 0 Å². The van der Waals surface area contributed by atoms with Gasteiger partial charge in [0, 0.05) is 22.0 Å². The van der Waals surface area contributed by atoms with Gasteiger partial charge in [-0.05, 0) is 57.2 Å². The highest BCUT2D eigenvalue weighted by atomic mass is 32.1. The van der Waals surface area contributed by atoms with Crippen molar-refractivity contribution in [3.63, 3.8) is 0 Å². The number of thiophene rings is 1. The van der Waals surface area contributed by atoms with Crippen molar-refractivity contribution in [2.45, 2.75) is 33.4 Å². The number of anilines is 1. The first kappa shape index (κ1) is 14.6. The second-order valence-corrected chi connectivity index (χ2v) is 6.27. The maximum absolute atomic E-state index is 11.7. The molecule has 0 fully saturated rings. The van der Waals surface area contributed by atoms with Crippen LogP contribution in [0.5, 0.6) is 0 Å². The van der Waals surface area contributed by atoms with Crippen molar-refractivity contribution in [2.24, 2.45) is 0 Å². The van der Waals surface area contributed by atoms with Crippen LogP contribution in [-0.2, 0) is 11.3 Å². The minimum Gasteiger partial charge on any atom is -0.459 e. The minimum atomic E-state index is -0.277. The average molecular weight is 289 g/mol. The van der Waals surface area contributed by atoms with E-state index in [2.05, 4.69) is 24.4 Å². The number of benzene rings is 1. The van der Waals surface area contributed by atoms with Gasteiger partial charge < -0.3 is 10.1 Å². The molecule has 0 saturated carbocycles. The van der Waals surface area contributed by atoms with Gasteiger partial charge in [-0.1, -0.05) is 0 Å². The lowest BCUT2D eigenvalue weighted by Crippen LogP contribution is -2.11. The van der Waals surface area contributed by atoms with E-state index in [1.807, 2.05) is 26.0 Å². The Morgan fingerprint density at radius 1 is 1.20 bits per heavy atom. The maximum Gasteiger partial charge on any atom is 0.338 e. The molecule has 0 bridgehead atoms. The molecule has 4 heteroatoms. The molecule has 1 heterocycles. The minimum absolute atomic E-state index is 0.0950. The molecule has 0 aliphatic heterocycles. The van der Waals surface area contributed by atoms with Crippen molar-refractivity contribution in [1.82, 2.24) is 0 Å². The third-order valence-electron chi connectivity index (χ3n) is 2.73. The molecule has 0 aliphatic carbocycles. The van der Waals surface area contributed by atoms with Crippen molar-refractivity contribution >= 4 is 23.0 Å². The van der Waals surface area contributed by atoms with Gasteiger partial charge in [0.25, 0.3) is 0 Å². The second kappa shape index (κ2) is 6.57. The van der Waals surface area contributed by atoms with Gasteiger partial charge in [0.2, 0.25) is 0 Å². The van der Waals surface area contributed by atoms with Crippen LogP contribution in [0.2, 0.25) is 0 Å². The molecule has 1 aromatic heterocycles. The number of hydrogen-bond donors (Lipinski definition) is 1. The third-order valence-corrected chi connectivity index (χ3v) is 3.73. The van der Waals surface area contributed by atoms with Gasteiger partial charge in [0.1, 0.15) is 0 Å². The number of ether oxygens (including phenoxy) is 1. The van der Waals surface area contributed by atoms with Crippen LogP contribution in [-0.4, -0.2) is 12.1 Å². The van der Waals surface area contributed by atoms with Crippen LogP contribution in [0.25, 0.3) is 0 Å². The topological polar surface area (TPSA) is 38.3 Å². The van der Waals surface area contributed by atoms with E-state index >= 15 is 0 Å². The Hall–Kier alpha value is -1.81. The molecule has 0 spiro atoms. The normalized spacial score (nSPS) is 10.6. The summed E-state index contributed by atoms with van der Waals surface area (Å²) >= 11 is 1.79. The molecule has 106 valence electrons.